The molecule has 0 fully saturated rings. The van der Waals surface area contributed by atoms with Crippen LogP contribution in [0.2, 0.25) is 5.02 Å². The minimum atomic E-state index is -0.241. The Morgan fingerprint density at radius 3 is 2.38 bits per heavy atom. The molecule has 1 aromatic carbocycles. The maximum Gasteiger partial charge on any atom is 0.128 e. The molecular weight excluding hydrogens is 225 g/mol. The summed E-state index contributed by atoms with van der Waals surface area (Å²) in [7, 11) is 0. The Balaban J connectivity index is 3.12. The molecule has 0 saturated heterocycles. The van der Waals surface area contributed by atoms with Crippen LogP contribution in [0.1, 0.15) is 38.2 Å². The number of hydrogen-bond donors (Lipinski definition) is 1. The SMILES string of the molecule is CCC(CC)C(CN)c1c(F)cccc1Cl. The van der Waals surface area contributed by atoms with Crippen molar-refractivity contribution in [1.29, 1.82) is 0 Å². The van der Waals surface area contributed by atoms with Crippen molar-refractivity contribution in [2.45, 2.75) is 32.6 Å². The fourth-order valence-electron chi connectivity index (χ4n) is 2.27. The van der Waals surface area contributed by atoms with Gasteiger partial charge >= 0.3 is 0 Å². The first-order chi connectivity index (χ1) is 7.65. The van der Waals surface area contributed by atoms with Crippen LogP contribution in [0.5, 0.6) is 0 Å². The van der Waals surface area contributed by atoms with E-state index >= 15 is 0 Å². The average molecular weight is 244 g/mol. The Labute approximate surface area is 102 Å². The van der Waals surface area contributed by atoms with Gasteiger partial charge in [0.05, 0.1) is 0 Å². The minimum absolute atomic E-state index is 0.0173. The van der Waals surface area contributed by atoms with Crippen LogP contribution in [0, 0.1) is 11.7 Å². The van der Waals surface area contributed by atoms with Gasteiger partial charge in [0.1, 0.15) is 5.82 Å². The van der Waals surface area contributed by atoms with E-state index in [-0.39, 0.29) is 11.7 Å². The third-order valence-electron chi connectivity index (χ3n) is 3.24. The van der Waals surface area contributed by atoms with Gasteiger partial charge in [-0.2, -0.15) is 0 Å². The van der Waals surface area contributed by atoms with Crippen LogP contribution in [-0.4, -0.2) is 6.54 Å². The molecule has 0 aliphatic rings. The first kappa shape index (κ1) is 13.5. The molecule has 1 rings (SSSR count). The van der Waals surface area contributed by atoms with Gasteiger partial charge in [0.2, 0.25) is 0 Å². The Kier molecular flexibility index (Phi) is 5.23. The summed E-state index contributed by atoms with van der Waals surface area (Å²) in [5.41, 5.74) is 6.35. The second-order valence-electron chi connectivity index (χ2n) is 4.05. The number of halogens is 2. The molecule has 0 aliphatic heterocycles. The molecule has 2 N–H and O–H groups in total. The molecule has 0 amide bonds. The van der Waals surface area contributed by atoms with Crippen LogP contribution < -0.4 is 5.73 Å². The molecule has 0 spiro atoms. The summed E-state index contributed by atoms with van der Waals surface area (Å²) in [4.78, 5) is 0. The van der Waals surface area contributed by atoms with E-state index in [1.807, 2.05) is 0 Å². The smallest absolute Gasteiger partial charge is 0.128 e. The first-order valence-electron chi connectivity index (χ1n) is 5.79. The Hall–Kier alpha value is -0.600. The van der Waals surface area contributed by atoms with Crippen molar-refractivity contribution in [1.82, 2.24) is 0 Å². The minimum Gasteiger partial charge on any atom is -0.330 e. The molecule has 1 unspecified atom stereocenters. The summed E-state index contributed by atoms with van der Waals surface area (Å²) in [5.74, 6) is 0.165. The van der Waals surface area contributed by atoms with Crippen LogP contribution in [0.4, 0.5) is 4.39 Å². The lowest BCUT2D eigenvalue weighted by Crippen LogP contribution is -2.22. The summed E-state index contributed by atoms with van der Waals surface area (Å²) in [6.07, 6.45) is 1.98. The van der Waals surface area contributed by atoms with E-state index in [0.29, 0.717) is 23.0 Å². The van der Waals surface area contributed by atoms with Crippen LogP contribution in [0.3, 0.4) is 0 Å². The molecule has 90 valence electrons. The fourth-order valence-corrected chi connectivity index (χ4v) is 2.57. The molecular formula is C13H19ClFN. The van der Waals surface area contributed by atoms with E-state index in [0.717, 1.165) is 12.8 Å². The lowest BCUT2D eigenvalue weighted by Gasteiger charge is -2.25. The van der Waals surface area contributed by atoms with Gasteiger partial charge in [0.25, 0.3) is 0 Å². The largest absolute Gasteiger partial charge is 0.330 e. The number of hydrogen-bond acceptors (Lipinski definition) is 1. The number of benzene rings is 1. The molecule has 0 aromatic heterocycles. The topological polar surface area (TPSA) is 26.0 Å². The monoisotopic (exact) mass is 243 g/mol. The summed E-state index contributed by atoms with van der Waals surface area (Å²) in [5, 5.41) is 0.488. The Morgan fingerprint density at radius 2 is 1.94 bits per heavy atom. The molecule has 0 heterocycles. The Bertz CT molecular complexity index is 316. The van der Waals surface area contributed by atoms with Crippen molar-refractivity contribution in [3.63, 3.8) is 0 Å². The van der Waals surface area contributed by atoms with E-state index in [1.54, 1.807) is 12.1 Å². The molecule has 1 atom stereocenters. The molecule has 0 radical (unpaired) electrons. The van der Waals surface area contributed by atoms with E-state index < -0.39 is 0 Å². The summed E-state index contributed by atoms with van der Waals surface area (Å²) < 4.78 is 13.8. The lowest BCUT2D eigenvalue weighted by molar-refractivity contribution is 0.391. The lowest BCUT2D eigenvalue weighted by atomic mass is 9.82. The molecule has 0 aliphatic carbocycles. The normalized spacial score (nSPS) is 13.1. The van der Waals surface area contributed by atoms with E-state index in [2.05, 4.69) is 13.8 Å². The zero-order valence-electron chi connectivity index (χ0n) is 9.84. The fraction of sp³-hybridized carbons (Fsp3) is 0.538. The Morgan fingerprint density at radius 1 is 1.31 bits per heavy atom. The highest BCUT2D eigenvalue weighted by Crippen LogP contribution is 2.34. The highest BCUT2D eigenvalue weighted by atomic mass is 35.5. The summed E-state index contributed by atoms with van der Waals surface area (Å²) in [6, 6.07) is 4.80. The van der Waals surface area contributed by atoms with E-state index in [4.69, 9.17) is 17.3 Å². The quantitative estimate of drug-likeness (QED) is 0.833. The first-order valence-corrected chi connectivity index (χ1v) is 6.17. The predicted molar refractivity (Wildman–Crippen MR) is 67.3 cm³/mol. The van der Waals surface area contributed by atoms with Crippen LogP contribution in [-0.2, 0) is 0 Å². The van der Waals surface area contributed by atoms with Crippen molar-refractivity contribution in [3.8, 4) is 0 Å². The van der Waals surface area contributed by atoms with Crippen molar-refractivity contribution >= 4 is 11.6 Å². The molecule has 1 nitrogen and oxygen atoms in total. The van der Waals surface area contributed by atoms with Crippen molar-refractivity contribution in [2.75, 3.05) is 6.54 Å². The molecule has 16 heavy (non-hydrogen) atoms. The van der Waals surface area contributed by atoms with Gasteiger partial charge in [0, 0.05) is 16.5 Å². The zero-order valence-corrected chi connectivity index (χ0v) is 10.6. The maximum absolute atomic E-state index is 13.8. The third kappa shape index (κ3) is 2.74. The third-order valence-corrected chi connectivity index (χ3v) is 3.57. The van der Waals surface area contributed by atoms with Gasteiger partial charge in [-0.15, -0.1) is 0 Å². The summed E-state index contributed by atoms with van der Waals surface area (Å²) in [6.45, 7) is 4.64. The van der Waals surface area contributed by atoms with Gasteiger partial charge in [-0.3, -0.25) is 0 Å². The van der Waals surface area contributed by atoms with Crippen molar-refractivity contribution < 1.29 is 4.39 Å². The van der Waals surface area contributed by atoms with Crippen LogP contribution in [0.15, 0.2) is 18.2 Å². The van der Waals surface area contributed by atoms with Gasteiger partial charge in [-0.1, -0.05) is 44.4 Å². The van der Waals surface area contributed by atoms with E-state index in [9.17, 15) is 4.39 Å². The summed E-state index contributed by atoms with van der Waals surface area (Å²) >= 11 is 6.07. The second-order valence-corrected chi connectivity index (χ2v) is 4.46. The number of nitrogens with two attached hydrogens (primary N) is 1. The average Bonchev–Trinajstić information content (AvgIpc) is 2.28. The van der Waals surface area contributed by atoms with Gasteiger partial charge in [0.15, 0.2) is 0 Å². The second kappa shape index (κ2) is 6.21. The molecule has 0 saturated carbocycles. The molecule has 1 aromatic rings. The number of rotatable bonds is 5. The van der Waals surface area contributed by atoms with Gasteiger partial charge < -0.3 is 5.73 Å². The van der Waals surface area contributed by atoms with Crippen molar-refractivity contribution in [3.05, 3.63) is 34.6 Å². The van der Waals surface area contributed by atoms with Crippen LogP contribution in [0.25, 0.3) is 0 Å². The highest BCUT2D eigenvalue weighted by Gasteiger charge is 2.24. The van der Waals surface area contributed by atoms with Crippen molar-refractivity contribution in [2.24, 2.45) is 11.7 Å². The van der Waals surface area contributed by atoms with Gasteiger partial charge in [-0.25, -0.2) is 4.39 Å². The van der Waals surface area contributed by atoms with Crippen LogP contribution >= 0.6 is 11.6 Å². The molecule has 3 heteroatoms. The highest BCUT2D eigenvalue weighted by molar-refractivity contribution is 6.31. The molecule has 0 bridgehead atoms. The predicted octanol–water partition coefficient (Wildman–Crippen LogP) is 3.96. The maximum atomic E-state index is 13.8. The standard InChI is InChI=1S/C13H19ClFN/c1-3-9(4-2)10(8-16)13-11(14)6-5-7-12(13)15/h5-7,9-10H,3-4,8,16H2,1-2H3. The van der Waals surface area contributed by atoms with E-state index in [1.165, 1.54) is 6.07 Å². The zero-order chi connectivity index (χ0) is 12.1. The van der Waals surface area contributed by atoms with Gasteiger partial charge in [-0.05, 0) is 24.6 Å².